The van der Waals surface area contributed by atoms with E-state index in [9.17, 15) is 9.59 Å². The number of carbonyl (C=O) groups is 2. The Morgan fingerprint density at radius 1 is 1.35 bits per heavy atom. The second kappa shape index (κ2) is 9.84. The highest BCUT2D eigenvalue weighted by Gasteiger charge is 2.08. The topological polar surface area (TPSA) is 111 Å². The van der Waals surface area contributed by atoms with Gasteiger partial charge in [0.15, 0.2) is 0 Å². The predicted octanol–water partition coefficient (Wildman–Crippen LogP) is 0.826. The summed E-state index contributed by atoms with van der Waals surface area (Å²) >= 11 is 0. The van der Waals surface area contributed by atoms with Crippen LogP contribution in [-0.2, 0) is 16.0 Å². The van der Waals surface area contributed by atoms with E-state index >= 15 is 0 Å². The van der Waals surface area contributed by atoms with E-state index in [4.69, 9.17) is 15.1 Å². The lowest BCUT2D eigenvalue weighted by Crippen LogP contribution is -2.28. The molecular weight excluding hydrogens is 298 g/mol. The molecule has 0 bridgehead atoms. The zero-order valence-corrected chi connectivity index (χ0v) is 12.8. The molecule has 0 aromatic heterocycles. The van der Waals surface area contributed by atoms with Gasteiger partial charge in [-0.15, -0.1) is 0 Å². The number of amides is 1. The number of nitriles is 1. The van der Waals surface area contributed by atoms with Gasteiger partial charge in [-0.1, -0.05) is 18.2 Å². The fourth-order valence-corrected chi connectivity index (χ4v) is 1.82. The van der Waals surface area contributed by atoms with Crippen LogP contribution in [0.4, 0.5) is 0 Å². The summed E-state index contributed by atoms with van der Waals surface area (Å²) < 4.78 is 5.24. The average molecular weight is 317 g/mol. The zero-order chi connectivity index (χ0) is 17.1. The number of nitrogens with zero attached hydrogens (tertiary/aromatic N) is 1. The minimum atomic E-state index is -1.01. The van der Waals surface area contributed by atoms with Crippen molar-refractivity contribution in [3.63, 3.8) is 0 Å². The first-order valence-electron chi connectivity index (χ1n) is 7.04. The van der Waals surface area contributed by atoms with Crippen LogP contribution in [0.1, 0.15) is 12.0 Å². The molecule has 0 atom stereocenters. The lowest BCUT2D eigenvalue weighted by molar-refractivity contribution is -0.136. The third kappa shape index (κ3) is 6.52. The molecular formula is C16H19N3O4. The molecule has 0 spiro atoms. The number of carbonyl (C=O) groups excluding carboxylic acids is 1. The summed E-state index contributed by atoms with van der Waals surface area (Å²) in [5.41, 5.74) is 0.913. The molecule has 23 heavy (non-hydrogen) atoms. The molecule has 1 amide bonds. The lowest BCUT2D eigenvalue weighted by Gasteiger charge is -2.08. The lowest BCUT2D eigenvalue weighted by atomic mass is 10.1. The number of aliphatic carboxylic acids is 1. The Bertz CT molecular complexity index is 620. The molecule has 1 aromatic rings. The molecule has 0 aliphatic heterocycles. The number of benzene rings is 1. The molecule has 0 saturated carbocycles. The van der Waals surface area contributed by atoms with Gasteiger partial charge in [0, 0.05) is 19.3 Å². The van der Waals surface area contributed by atoms with Crippen LogP contribution in [0.3, 0.4) is 0 Å². The number of para-hydroxylation sites is 1. The SMILES string of the molecule is COc1ccccc1CCN/C=C(/C#N)C(=O)NCCC(=O)O. The van der Waals surface area contributed by atoms with Gasteiger partial charge in [0.05, 0.1) is 13.5 Å². The van der Waals surface area contributed by atoms with Crippen LogP contribution in [0.15, 0.2) is 36.0 Å². The first-order chi connectivity index (χ1) is 11.1. The molecule has 122 valence electrons. The van der Waals surface area contributed by atoms with Crippen molar-refractivity contribution in [3.05, 3.63) is 41.6 Å². The number of methoxy groups -OCH3 is 1. The van der Waals surface area contributed by atoms with Crippen molar-refractivity contribution < 1.29 is 19.4 Å². The Balaban J connectivity index is 2.46. The highest BCUT2D eigenvalue weighted by Crippen LogP contribution is 2.17. The Morgan fingerprint density at radius 3 is 2.74 bits per heavy atom. The van der Waals surface area contributed by atoms with E-state index in [1.165, 1.54) is 6.20 Å². The minimum absolute atomic E-state index is 0.0194. The summed E-state index contributed by atoms with van der Waals surface area (Å²) in [4.78, 5) is 22.0. The van der Waals surface area contributed by atoms with Crippen LogP contribution in [0, 0.1) is 11.3 Å². The van der Waals surface area contributed by atoms with Crippen molar-refractivity contribution in [1.29, 1.82) is 5.26 Å². The smallest absolute Gasteiger partial charge is 0.305 e. The van der Waals surface area contributed by atoms with Crippen LogP contribution in [0.25, 0.3) is 0 Å². The predicted molar refractivity (Wildman–Crippen MR) is 83.7 cm³/mol. The third-order valence-electron chi connectivity index (χ3n) is 2.97. The Morgan fingerprint density at radius 2 is 2.09 bits per heavy atom. The maximum atomic E-state index is 11.7. The Kier molecular flexibility index (Phi) is 7.72. The standard InChI is InChI=1S/C16H19N3O4/c1-23-14-5-3-2-4-12(14)6-8-18-11-13(10-17)16(22)19-9-7-15(20)21/h2-5,11,18H,6-9H2,1H3,(H,19,22)(H,20,21)/b13-11-. The molecule has 1 rings (SSSR count). The third-order valence-corrected chi connectivity index (χ3v) is 2.97. The summed E-state index contributed by atoms with van der Waals surface area (Å²) in [6, 6.07) is 9.36. The maximum Gasteiger partial charge on any atom is 0.305 e. The first kappa shape index (κ1) is 18.0. The van der Waals surface area contributed by atoms with Gasteiger partial charge < -0.3 is 20.5 Å². The van der Waals surface area contributed by atoms with Gasteiger partial charge in [0.1, 0.15) is 17.4 Å². The summed E-state index contributed by atoms with van der Waals surface area (Å²) in [6.45, 7) is 0.502. The van der Waals surface area contributed by atoms with E-state index in [1.807, 2.05) is 24.3 Å². The summed E-state index contributed by atoms with van der Waals surface area (Å²) in [7, 11) is 1.60. The number of carboxylic acid groups (broad SMARTS) is 1. The second-order valence-electron chi connectivity index (χ2n) is 4.59. The highest BCUT2D eigenvalue weighted by molar-refractivity contribution is 5.97. The average Bonchev–Trinajstić information content (AvgIpc) is 2.54. The Hall–Kier alpha value is -3.01. The van der Waals surface area contributed by atoms with Gasteiger partial charge in [-0.05, 0) is 18.1 Å². The van der Waals surface area contributed by atoms with Gasteiger partial charge in [0.2, 0.25) is 0 Å². The van der Waals surface area contributed by atoms with E-state index in [1.54, 1.807) is 13.2 Å². The molecule has 0 saturated heterocycles. The van der Waals surface area contributed by atoms with Crippen molar-refractivity contribution in [2.45, 2.75) is 12.8 Å². The van der Waals surface area contributed by atoms with Crippen LogP contribution in [0.2, 0.25) is 0 Å². The Labute approximate surface area is 134 Å². The van der Waals surface area contributed by atoms with Crippen LogP contribution in [0.5, 0.6) is 5.75 Å². The van der Waals surface area contributed by atoms with Crippen molar-refractivity contribution >= 4 is 11.9 Å². The molecule has 1 aromatic carbocycles. The van der Waals surface area contributed by atoms with E-state index in [2.05, 4.69) is 10.6 Å². The van der Waals surface area contributed by atoms with Gasteiger partial charge in [-0.3, -0.25) is 9.59 Å². The quantitative estimate of drug-likeness (QED) is 0.353. The highest BCUT2D eigenvalue weighted by atomic mass is 16.5. The minimum Gasteiger partial charge on any atom is -0.496 e. The molecule has 0 unspecified atom stereocenters. The van der Waals surface area contributed by atoms with Gasteiger partial charge in [0.25, 0.3) is 5.91 Å². The normalized spacial score (nSPS) is 10.5. The van der Waals surface area contributed by atoms with Crippen LogP contribution < -0.4 is 15.4 Å². The molecule has 0 aliphatic rings. The molecule has 0 aliphatic carbocycles. The molecule has 0 heterocycles. The maximum absolute atomic E-state index is 11.7. The number of hydrogen-bond donors (Lipinski definition) is 3. The molecule has 0 radical (unpaired) electrons. The number of hydrogen-bond acceptors (Lipinski definition) is 5. The fourth-order valence-electron chi connectivity index (χ4n) is 1.82. The van der Waals surface area contributed by atoms with Gasteiger partial charge in [-0.25, -0.2) is 0 Å². The van der Waals surface area contributed by atoms with Crippen LogP contribution >= 0.6 is 0 Å². The molecule has 0 fully saturated rings. The van der Waals surface area contributed by atoms with E-state index in [-0.39, 0.29) is 18.5 Å². The summed E-state index contributed by atoms with van der Waals surface area (Å²) in [6.07, 6.45) is 1.80. The van der Waals surface area contributed by atoms with Gasteiger partial charge >= 0.3 is 5.97 Å². The monoisotopic (exact) mass is 317 g/mol. The summed E-state index contributed by atoms with van der Waals surface area (Å²) in [5, 5.41) is 22.7. The van der Waals surface area contributed by atoms with Crippen molar-refractivity contribution in [2.24, 2.45) is 0 Å². The van der Waals surface area contributed by atoms with E-state index in [0.717, 1.165) is 11.3 Å². The van der Waals surface area contributed by atoms with E-state index in [0.29, 0.717) is 13.0 Å². The van der Waals surface area contributed by atoms with Crippen molar-refractivity contribution in [1.82, 2.24) is 10.6 Å². The molecule has 7 heteroatoms. The number of nitrogens with one attached hydrogen (secondary N) is 2. The molecule has 7 nitrogen and oxygen atoms in total. The van der Waals surface area contributed by atoms with Crippen molar-refractivity contribution in [2.75, 3.05) is 20.2 Å². The number of rotatable bonds is 9. The molecule has 3 N–H and O–H groups in total. The van der Waals surface area contributed by atoms with E-state index < -0.39 is 11.9 Å². The number of ether oxygens (including phenoxy) is 1. The second-order valence-corrected chi connectivity index (χ2v) is 4.59. The zero-order valence-electron chi connectivity index (χ0n) is 12.8. The van der Waals surface area contributed by atoms with Crippen molar-refractivity contribution in [3.8, 4) is 11.8 Å². The largest absolute Gasteiger partial charge is 0.496 e. The van der Waals surface area contributed by atoms with Gasteiger partial charge in [-0.2, -0.15) is 5.26 Å². The van der Waals surface area contributed by atoms with Crippen LogP contribution in [-0.4, -0.2) is 37.2 Å². The fraction of sp³-hybridized carbons (Fsp3) is 0.312. The number of carboxylic acids is 1. The first-order valence-corrected chi connectivity index (χ1v) is 7.04. The summed E-state index contributed by atoms with van der Waals surface area (Å²) in [5.74, 6) is -0.827.